The summed E-state index contributed by atoms with van der Waals surface area (Å²) >= 11 is 0. The summed E-state index contributed by atoms with van der Waals surface area (Å²) in [5.74, 6) is -1.44. The lowest BCUT2D eigenvalue weighted by Gasteiger charge is -2.31. The average Bonchev–Trinajstić information content (AvgIpc) is 3.26. The van der Waals surface area contributed by atoms with Crippen molar-refractivity contribution < 1.29 is 38.2 Å². The van der Waals surface area contributed by atoms with Crippen LogP contribution in [0.3, 0.4) is 0 Å². The van der Waals surface area contributed by atoms with E-state index in [-0.39, 0.29) is 36.2 Å². The Balaban J connectivity index is 4.15. The van der Waals surface area contributed by atoms with Gasteiger partial charge in [0.25, 0.3) is 0 Å². The smallest absolute Gasteiger partial charge is 0.362 e. The quantitative estimate of drug-likeness (QED) is 0.0281. The first-order chi connectivity index (χ1) is 31.1. The van der Waals surface area contributed by atoms with Gasteiger partial charge >= 0.3 is 17.9 Å². The molecule has 1 N–H and O–H groups in total. The molecular weight excluding hydrogens is 799 g/mol. The topological polar surface area (TPSA) is 99.1 Å². The number of rotatable bonds is 50. The van der Waals surface area contributed by atoms with Crippen molar-refractivity contribution in [2.75, 3.05) is 41.0 Å². The van der Waals surface area contributed by atoms with Crippen LogP contribution in [0.4, 0.5) is 0 Å². The summed E-state index contributed by atoms with van der Waals surface area (Å²) in [7, 11) is 5.55. The Morgan fingerprint density at radius 1 is 0.484 bits per heavy atom. The first-order valence-corrected chi connectivity index (χ1v) is 27.4. The molecule has 0 aromatic heterocycles. The lowest BCUT2D eigenvalue weighted by Crippen LogP contribution is -2.50. The molecule has 0 aliphatic rings. The molecular formula is C56H106NO7+. The summed E-state index contributed by atoms with van der Waals surface area (Å²) in [4.78, 5) is 37.2. The van der Waals surface area contributed by atoms with Gasteiger partial charge in [-0.05, 0) is 38.5 Å². The van der Waals surface area contributed by atoms with Gasteiger partial charge in [0.1, 0.15) is 6.61 Å². The van der Waals surface area contributed by atoms with Crippen LogP contribution in [-0.2, 0) is 28.6 Å². The highest BCUT2D eigenvalue weighted by molar-refractivity contribution is 5.72. The summed E-state index contributed by atoms with van der Waals surface area (Å²) in [6, 6.07) is -0.612. The minimum absolute atomic E-state index is 0.0452. The number of hydrogen-bond donors (Lipinski definition) is 1. The van der Waals surface area contributed by atoms with Crippen molar-refractivity contribution in [2.24, 2.45) is 0 Å². The van der Waals surface area contributed by atoms with Crippen LogP contribution in [0.2, 0.25) is 0 Å². The lowest BCUT2D eigenvalue weighted by molar-refractivity contribution is -0.887. The number of esters is 2. The molecule has 0 aromatic carbocycles. The van der Waals surface area contributed by atoms with Crippen LogP contribution in [0.15, 0.2) is 24.3 Å². The number of nitrogens with zero attached hydrogens (tertiary/aromatic N) is 1. The second-order valence-electron chi connectivity index (χ2n) is 19.8. The number of aliphatic carboxylic acids is 1. The van der Waals surface area contributed by atoms with E-state index in [2.05, 4.69) is 38.2 Å². The number of carboxylic acid groups (broad SMARTS) is 1. The molecule has 0 radical (unpaired) electrons. The largest absolute Gasteiger partial charge is 0.477 e. The Bertz CT molecular complexity index is 1100. The second-order valence-corrected chi connectivity index (χ2v) is 19.8. The number of likely N-dealkylation sites (N-methyl/N-ethyl adjacent to an activating group) is 1. The van der Waals surface area contributed by atoms with Gasteiger partial charge in [-0.1, -0.05) is 231 Å². The fraction of sp³-hybridized carbons (Fsp3) is 0.875. The third kappa shape index (κ3) is 45.0. The van der Waals surface area contributed by atoms with Gasteiger partial charge in [-0.25, -0.2) is 4.79 Å². The molecule has 0 heterocycles. The van der Waals surface area contributed by atoms with Crippen molar-refractivity contribution >= 4 is 17.9 Å². The minimum atomic E-state index is -0.870. The van der Waals surface area contributed by atoms with Gasteiger partial charge in [-0.3, -0.25) is 9.59 Å². The Kier molecular flexibility index (Phi) is 45.7. The molecule has 0 spiro atoms. The number of carbonyl (C=O) groups is 3. The van der Waals surface area contributed by atoms with Crippen molar-refractivity contribution in [1.82, 2.24) is 0 Å². The minimum Gasteiger partial charge on any atom is -0.477 e. The molecule has 0 amide bonds. The van der Waals surface area contributed by atoms with Gasteiger partial charge in [0, 0.05) is 19.3 Å². The molecule has 64 heavy (non-hydrogen) atoms. The Labute approximate surface area is 396 Å². The van der Waals surface area contributed by atoms with Crippen LogP contribution in [-0.4, -0.2) is 80.6 Å². The predicted molar refractivity (Wildman–Crippen MR) is 271 cm³/mol. The predicted octanol–water partition coefficient (Wildman–Crippen LogP) is 16.0. The van der Waals surface area contributed by atoms with Gasteiger partial charge in [-0.2, -0.15) is 0 Å². The van der Waals surface area contributed by atoms with Gasteiger partial charge < -0.3 is 23.8 Å². The summed E-state index contributed by atoms with van der Waals surface area (Å²) in [6.45, 7) is 4.69. The van der Waals surface area contributed by atoms with Crippen molar-refractivity contribution in [3.8, 4) is 0 Å². The monoisotopic (exact) mass is 905 g/mol. The van der Waals surface area contributed by atoms with E-state index in [4.69, 9.17) is 14.2 Å². The van der Waals surface area contributed by atoms with Crippen LogP contribution in [0.5, 0.6) is 0 Å². The molecule has 0 fully saturated rings. The fourth-order valence-electron chi connectivity index (χ4n) is 8.43. The molecule has 0 saturated carbocycles. The summed E-state index contributed by atoms with van der Waals surface area (Å²) in [5.41, 5.74) is 0. The standard InChI is InChI=1S/C56H105NO7/c1-6-8-10-12-14-16-18-20-22-24-26-27-29-30-32-34-36-38-40-42-44-46-54(58)63-51-52(50-62-49-48-53(56(60)61)57(3,4)5)64-55(59)47-45-43-41-39-37-35-33-31-28-25-23-21-19-17-15-13-11-9-7-2/h8,10,14,16,52-53H,6-7,9,11-13,15,17-51H2,1-5H3/p+1/b10-8+,16-14+. The van der Waals surface area contributed by atoms with Crippen molar-refractivity contribution in [3.63, 3.8) is 0 Å². The van der Waals surface area contributed by atoms with E-state index in [1.54, 1.807) is 0 Å². The number of ether oxygens (including phenoxy) is 3. The highest BCUT2D eigenvalue weighted by atomic mass is 16.6. The first kappa shape index (κ1) is 61.8. The summed E-state index contributed by atoms with van der Waals surface area (Å²) in [6.07, 6.45) is 55.2. The third-order valence-electron chi connectivity index (χ3n) is 12.6. The highest BCUT2D eigenvalue weighted by Crippen LogP contribution is 2.17. The maximum Gasteiger partial charge on any atom is 0.362 e. The maximum atomic E-state index is 12.8. The van der Waals surface area contributed by atoms with Gasteiger partial charge in [0.05, 0.1) is 34.4 Å². The van der Waals surface area contributed by atoms with Crippen LogP contribution < -0.4 is 0 Å². The first-order valence-electron chi connectivity index (χ1n) is 27.4. The number of allylic oxidation sites excluding steroid dienone is 4. The second kappa shape index (κ2) is 47.3. The van der Waals surface area contributed by atoms with E-state index in [0.717, 1.165) is 51.4 Å². The van der Waals surface area contributed by atoms with E-state index in [0.29, 0.717) is 19.3 Å². The number of carbonyl (C=O) groups excluding carboxylic acids is 2. The van der Waals surface area contributed by atoms with Crippen molar-refractivity contribution in [2.45, 2.75) is 276 Å². The van der Waals surface area contributed by atoms with E-state index in [1.165, 1.54) is 180 Å². The zero-order chi connectivity index (χ0) is 47.0. The Hall–Kier alpha value is -2.19. The molecule has 8 nitrogen and oxygen atoms in total. The third-order valence-corrected chi connectivity index (χ3v) is 12.6. The molecule has 2 atom stereocenters. The van der Waals surface area contributed by atoms with E-state index >= 15 is 0 Å². The molecule has 2 unspecified atom stereocenters. The summed E-state index contributed by atoms with van der Waals surface area (Å²) < 4.78 is 17.4. The van der Waals surface area contributed by atoms with Crippen molar-refractivity contribution in [1.29, 1.82) is 0 Å². The SMILES string of the molecule is CC/C=C/C/C=C/CCCCCCCCCCCCCCCCC(=O)OCC(COCCC(C(=O)O)[N+](C)(C)C)OC(=O)CCCCCCCCCCCCCCCCCCCCC. The average molecular weight is 905 g/mol. The molecule has 376 valence electrons. The number of carboxylic acids is 1. The van der Waals surface area contributed by atoms with Crippen LogP contribution in [0, 0.1) is 0 Å². The Morgan fingerprint density at radius 2 is 0.875 bits per heavy atom. The molecule has 0 bridgehead atoms. The van der Waals surface area contributed by atoms with E-state index in [1.807, 2.05) is 21.1 Å². The summed E-state index contributed by atoms with van der Waals surface area (Å²) in [5, 5.41) is 9.67. The molecule has 0 rings (SSSR count). The number of unbranched alkanes of at least 4 members (excludes halogenated alkanes) is 32. The maximum absolute atomic E-state index is 12.8. The van der Waals surface area contributed by atoms with Crippen LogP contribution in [0.25, 0.3) is 0 Å². The zero-order valence-electron chi connectivity index (χ0n) is 43.0. The fourth-order valence-corrected chi connectivity index (χ4v) is 8.43. The van der Waals surface area contributed by atoms with Gasteiger partial charge in [-0.15, -0.1) is 0 Å². The van der Waals surface area contributed by atoms with Crippen LogP contribution >= 0.6 is 0 Å². The molecule has 0 aliphatic heterocycles. The number of hydrogen-bond acceptors (Lipinski definition) is 6. The lowest BCUT2D eigenvalue weighted by atomic mass is 10.0. The normalized spacial score (nSPS) is 13.0. The molecule has 8 heteroatoms. The van der Waals surface area contributed by atoms with E-state index < -0.39 is 18.1 Å². The van der Waals surface area contributed by atoms with Crippen molar-refractivity contribution in [3.05, 3.63) is 24.3 Å². The Morgan fingerprint density at radius 3 is 1.28 bits per heavy atom. The molecule has 0 aromatic rings. The van der Waals surface area contributed by atoms with Crippen LogP contribution in [0.1, 0.15) is 264 Å². The zero-order valence-corrected chi connectivity index (χ0v) is 43.0. The number of quaternary nitrogens is 1. The van der Waals surface area contributed by atoms with E-state index in [9.17, 15) is 19.5 Å². The van der Waals surface area contributed by atoms with Gasteiger partial charge in [0.2, 0.25) is 0 Å². The highest BCUT2D eigenvalue weighted by Gasteiger charge is 2.31. The molecule has 0 saturated heterocycles. The van der Waals surface area contributed by atoms with Gasteiger partial charge in [0.15, 0.2) is 12.1 Å². The molecule has 0 aliphatic carbocycles.